The number of H-pyrrole nitrogens is 1. The first-order valence-electron chi connectivity index (χ1n) is 3.96. The third-order valence-electron chi connectivity index (χ3n) is 1.91. The minimum absolute atomic E-state index is 0.760. The Morgan fingerprint density at radius 3 is 2.69 bits per heavy atom. The van der Waals surface area contributed by atoms with Crippen LogP contribution in [0.3, 0.4) is 0 Å². The second kappa shape index (κ2) is 3.26. The van der Waals surface area contributed by atoms with Gasteiger partial charge in [-0.15, -0.1) is 0 Å². The summed E-state index contributed by atoms with van der Waals surface area (Å²) in [5.41, 5.74) is 8.67. The number of hydrogen-bond acceptors (Lipinski definition) is 1. The van der Waals surface area contributed by atoms with Gasteiger partial charge in [-0.2, -0.15) is 0 Å². The number of benzene rings is 1. The highest BCUT2D eigenvalue weighted by atomic mass is 79.9. The maximum absolute atomic E-state index is 5.69. The van der Waals surface area contributed by atoms with Crippen LogP contribution in [0.4, 0.5) is 5.69 Å². The largest absolute Gasteiger partial charge is 0.398 e. The summed E-state index contributed by atoms with van der Waals surface area (Å²) in [7, 11) is 0. The van der Waals surface area contributed by atoms with Crippen LogP contribution < -0.4 is 5.73 Å². The second-order valence-electron chi connectivity index (χ2n) is 2.82. The monoisotopic (exact) mass is 236 g/mol. The third kappa shape index (κ3) is 1.60. The number of aromatic amines is 1. The first kappa shape index (κ1) is 8.38. The molecule has 0 aliphatic carbocycles. The van der Waals surface area contributed by atoms with Crippen LogP contribution in [0.5, 0.6) is 0 Å². The van der Waals surface area contributed by atoms with E-state index in [1.54, 1.807) is 0 Å². The summed E-state index contributed by atoms with van der Waals surface area (Å²) in [4.78, 5) is 3.14. The highest BCUT2D eigenvalue weighted by Crippen LogP contribution is 2.25. The van der Waals surface area contributed by atoms with Gasteiger partial charge in [-0.25, -0.2) is 0 Å². The molecule has 1 aromatic heterocycles. The lowest BCUT2D eigenvalue weighted by atomic mass is 10.1. The number of nitrogens with two attached hydrogens (primary N) is 1. The van der Waals surface area contributed by atoms with E-state index < -0.39 is 0 Å². The van der Waals surface area contributed by atoms with Gasteiger partial charge in [0.05, 0.1) is 0 Å². The highest BCUT2D eigenvalue weighted by molar-refractivity contribution is 9.10. The highest BCUT2D eigenvalue weighted by Gasteiger charge is 2.00. The molecule has 2 nitrogen and oxygen atoms in total. The Hall–Kier alpha value is -1.22. The average molecular weight is 237 g/mol. The van der Waals surface area contributed by atoms with Crippen molar-refractivity contribution in [3.63, 3.8) is 0 Å². The molecule has 0 radical (unpaired) electrons. The summed E-state index contributed by atoms with van der Waals surface area (Å²) in [5, 5.41) is 0. The zero-order valence-electron chi connectivity index (χ0n) is 6.92. The van der Waals surface area contributed by atoms with E-state index in [0.717, 1.165) is 21.4 Å². The van der Waals surface area contributed by atoms with Crippen molar-refractivity contribution < 1.29 is 0 Å². The van der Waals surface area contributed by atoms with E-state index in [2.05, 4.69) is 20.9 Å². The van der Waals surface area contributed by atoms with Gasteiger partial charge in [-0.3, -0.25) is 0 Å². The van der Waals surface area contributed by atoms with Crippen LogP contribution in [0.25, 0.3) is 11.3 Å². The Morgan fingerprint density at radius 1 is 1.23 bits per heavy atom. The van der Waals surface area contributed by atoms with Crippen molar-refractivity contribution in [2.75, 3.05) is 5.73 Å². The van der Waals surface area contributed by atoms with Gasteiger partial charge in [0.15, 0.2) is 0 Å². The van der Waals surface area contributed by atoms with Crippen molar-refractivity contribution in [2.45, 2.75) is 0 Å². The minimum atomic E-state index is 0.760. The molecule has 3 N–H and O–H groups in total. The molecule has 2 aromatic rings. The van der Waals surface area contributed by atoms with Crippen LogP contribution in [0.1, 0.15) is 0 Å². The standard InChI is InChI=1S/C10H9BrN2/c11-8-6-7(3-4-9(8)12)10-2-1-5-13-10/h1-6,13H,12H2. The number of halogens is 1. The fourth-order valence-corrected chi connectivity index (χ4v) is 1.58. The third-order valence-corrected chi connectivity index (χ3v) is 2.60. The number of nitrogens with one attached hydrogen (secondary N) is 1. The van der Waals surface area contributed by atoms with E-state index in [0.29, 0.717) is 0 Å². The van der Waals surface area contributed by atoms with E-state index in [4.69, 9.17) is 5.73 Å². The molecule has 0 fully saturated rings. The molecule has 1 aromatic carbocycles. The predicted molar refractivity (Wildman–Crippen MR) is 58.3 cm³/mol. The smallest absolute Gasteiger partial charge is 0.0458 e. The van der Waals surface area contributed by atoms with Crippen LogP contribution in [0.15, 0.2) is 41.0 Å². The average Bonchev–Trinajstić information content (AvgIpc) is 2.62. The maximum atomic E-state index is 5.69. The van der Waals surface area contributed by atoms with Crippen molar-refractivity contribution in [1.29, 1.82) is 0 Å². The molecule has 66 valence electrons. The molecule has 0 spiro atoms. The molecule has 0 amide bonds. The lowest BCUT2D eigenvalue weighted by Crippen LogP contribution is -1.86. The van der Waals surface area contributed by atoms with Crippen LogP contribution in [0, 0.1) is 0 Å². The van der Waals surface area contributed by atoms with Crippen LogP contribution >= 0.6 is 15.9 Å². The number of aromatic nitrogens is 1. The van der Waals surface area contributed by atoms with Gasteiger partial charge in [-0.1, -0.05) is 6.07 Å². The van der Waals surface area contributed by atoms with E-state index in [9.17, 15) is 0 Å². The minimum Gasteiger partial charge on any atom is -0.398 e. The Labute approximate surface area is 84.9 Å². The summed E-state index contributed by atoms with van der Waals surface area (Å²) in [6, 6.07) is 9.88. The summed E-state index contributed by atoms with van der Waals surface area (Å²) in [5.74, 6) is 0. The summed E-state index contributed by atoms with van der Waals surface area (Å²) in [6.07, 6.45) is 1.90. The molecule has 0 saturated heterocycles. The second-order valence-corrected chi connectivity index (χ2v) is 3.67. The van der Waals surface area contributed by atoms with E-state index >= 15 is 0 Å². The van der Waals surface area contributed by atoms with Crippen LogP contribution in [0.2, 0.25) is 0 Å². The van der Waals surface area contributed by atoms with Gasteiger partial charge in [0.25, 0.3) is 0 Å². The van der Waals surface area contributed by atoms with Crippen molar-refractivity contribution in [1.82, 2.24) is 4.98 Å². The molecule has 13 heavy (non-hydrogen) atoms. The number of anilines is 1. The summed E-state index contributed by atoms with van der Waals surface area (Å²) in [6.45, 7) is 0. The lowest BCUT2D eigenvalue weighted by Gasteiger charge is -2.01. The topological polar surface area (TPSA) is 41.8 Å². The number of nitrogen functional groups attached to an aromatic ring is 1. The van der Waals surface area contributed by atoms with Crippen molar-refractivity contribution in [3.8, 4) is 11.3 Å². The zero-order valence-corrected chi connectivity index (χ0v) is 8.51. The molecule has 0 aliphatic heterocycles. The molecule has 1 heterocycles. The van der Waals surface area contributed by atoms with Crippen LogP contribution in [-0.2, 0) is 0 Å². The number of hydrogen-bond donors (Lipinski definition) is 2. The van der Waals surface area contributed by atoms with E-state index in [-0.39, 0.29) is 0 Å². The Morgan fingerprint density at radius 2 is 2.08 bits per heavy atom. The van der Waals surface area contributed by atoms with Crippen molar-refractivity contribution in [3.05, 3.63) is 41.0 Å². The first-order valence-corrected chi connectivity index (χ1v) is 4.75. The predicted octanol–water partition coefficient (Wildman–Crippen LogP) is 3.03. The Balaban J connectivity index is 2.49. The molecular weight excluding hydrogens is 228 g/mol. The molecule has 0 aliphatic rings. The fourth-order valence-electron chi connectivity index (χ4n) is 1.20. The molecule has 0 saturated carbocycles. The first-order chi connectivity index (χ1) is 6.27. The fraction of sp³-hybridized carbons (Fsp3) is 0. The van der Waals surface area contributed by atoms with Crippen molar-refractivity contribution in [2.24, 2.45) is 0 Å². The lowest BCUT2D eigenvalue weighted by molar-refractivity contribution is 1.40. The van der Waals surface area contributed by atoms with Gasteiger partial charge in [0, 0.05) is 22.1 Å². The van der Waals surface area contributed by atoms with Gasteiger partial charge >= 0.3 is 0 Å². The van der Waals surface area contributed by atoms with Crippen LogP contribution in [-0.4, -0.2) is 4.98 Å². The molecular formula is C10H9BrN2. The van der Waals surface area contributed by atoms with Gasteiger partial charge in [-0.05, 0) is 45.8 Å². The summed E-state index contributed by atoms with van der Waals surface area (Å²) >= 11 is 3.39. The number of rotatable bonds is 1. The molecule has 2 rings (SSSR count). The molecule has 0 unspecified atom stereocenters. The zero-order chi connectivity index (χ0) is 9.26. The normalized spacial score (nSPS) is 10.2. The SMILES string of the molecule is Nc1ccc(-c2ccc[nH]2)cc1Br. The molecule has 0 bridgehead atoms. The Bertz CT molecular complexity index is 407. The Kier molecular flexibility index (Phi) is 2.10. The van der Waals surface area contributed by atoms with Gasteiger partial charge < -0.3 is 10.7 Å². The van der Waals surface area contributed by atoms with Crippen molar-refractivity contribution >= 4 is 21.6 Å². The molecule has 0 atom stereocenters. The summed E-state index contributed by atoms with van der Waals surface area (Å²) < 4.78 is 0.930. The van der Waals surface area contributed by atoms with E-state index in [1.165, 1.54) is 0 Å². The maximum Gasteiger partial charge on any atom is 0.0458 e. The molecule has 3 heteroatoms. The van der Waals surface area contributed by atoms with E-state index in [1.807, 2.05) is 36.5 Å². The van der Waals surface area contributed by atoms with Gasteiger partial charge in [0.1, 0.15) is 0 Å². The van der Waals surface area contributed by atoms with Gasteiger partial charge in [0.2, 0.25) is 0 Å². The quantitative estimate of drug-likeness (QED) is 0.735.